The van der Waals surface area contributed by atoms with E-state index >= 15 is 0 Å². The van der Waals surface area contributed by atoms with Crippen molar-refractivity contribution in [3.63, 3.8) is 0 Å². The third-order valence-electron chi connectivity index (χ3n) is 6.76. The number of Topliss-reactive ketones (excluding diaryl/α,β-unsaturated/α-hetero) is 1. The van der Waals surface area contributed by atoms with E-state index in [9.17, 15) is 14.0 Å². The van der Waals surface area contributed by atoms with Crippen LogP contribution in [-0.2, 0) is 19.1 Å². The summed E-state index contributed by atoms with van der Waals surface area (Å²) in [5.74, 6) is 0.244. The molecule has 1 aromatic carbocycles. The van der Waals surface area contributed by atoms with Gasteiger partial charge in [-0.25, -0.2) is 4.39 Å². The lowest BCUT2D eigenvalue weighted by molar-refractivity contribution is -0.136. The Kier molecular flexibility index (Phi) is 7.99. The summed E-state index contributed by atoms with van der Waals surface area (Å²) in [7, 11) is 0. The number of fused-ring (bicyclic) bond motifs is 1. The molecule has 0 saturated heterocycles. The number of carbonyl (C=O) groups excluding carboxylic acids is 2. The molecule has 2 aliphatic heterocycles. The monoisotopic (exact) mass is 489 g/mol. The smallest absolute Gasteiger partial charge is 0.290 e. The summed E-state index contributed by atoms with van der Waals surface area (Å²) in [4.78, 5) is 28.9. The topological polar surface area (TPSA) is 74.3 Å². The standard InChI is InChI=1S/C27H36FNO6/c1-5-32-21-10-8-17(14-22(21)33-6-2)24-23-25(30)19-15-18(28)9-11-20(19)35-26(23)27(31)29(24)12-7-13-34-16(3)4/h8,10,14,16,18-20,24H,5-7,9,11-13,15H2,1-4H3. The maximum atomic E-state index is 14.2. The van der Waals surface area contributed by atoms with Gasteiger partial charge in [0.2, 0.25) is 0 Å². The Morgan fingerprint density at radius 3 is 2.57 bits per heavy atom. The highest BCUT2D eigenvalue weighted by atomic mass is 19.1. The van der Waals surface area contributed by atoms with Crippen molar-refractivity contribution in [2.24, 2.45) is 5.92 Å². The van der Waals surface area contributed by atoms with E-state index in [4.69, 9.17) is 18.9 Å². The Morgan fingerprint density at radius 1 is 1.11 bits per heavy atom. The Balaban J connectivity index is 1.71. The average molecular weight is 490 g/mol. The molecule has 0 aromatic heterocycles. The van der Waals surface area contributed by atoms with Crippen LogP contribution in [0.3, 0.4) is 0 Å². The largest absolute Gasteiger partial charge is 0.490 e. The van der Waals surface area contributed by atoms with Gasteiger partial charge in [0.05, 0.1) is 36.9 Å². The second-order valence-electron chi connectivity index (χ2n) is 9.53. The van der Waals surface area contributed by atoms with Crippen LogP contribution < -0.4 is 9.47 Å². The zero-order valence-electron chi connectivity index (χ0n) is 21.1. The molecule has 0 bridgehead atoms. The number of rotatable bonds is 10. The quantitative estimate of drug-likeness (QED) is 0.449. The first-order chi connectivity index (χ1) is 16.8. The Hall–Kier alpha value is -2.61. The van der Waals surface area contributed by atoms with Crippen molar-refractivity contribution in [3.05, 3.63) is 35.1 Å². The van der Waals surface area contributed by atoms with Crippen molar-refractivity contribution < 1.29 is 32.9 Å². The first-order valence-corrected chi connectivity index (χ1v) is 12.8. The van der Waals surface area contributed by atoms with Crippen LogP contribution in [0.2, 0.25) is 0 Å². The minimum absolute atomic E-state index is 0.0907. The van der Waals surface area contributed by atoms with Gasteiger partial charge in [-0.05, 0) is 71.1 Å². The van der Waals surface area contributed by atoms with E-state index in [-0.39, 0.29) is 30.0 Å². The molecule has 0 radical (unpaired) electrons. The van der Waals surface area contributed by atoms with Crippen LogP contribution in [-0.4, -0.2) is 61.3 Å². The van der Waals surface area contributed by atoms with E-state index in [1.54, 1.807) is 4.90 Å². The molecule has 4 rings (SSSR count). The zero-order chi connectivity index (χ0) is 25.1. The third kappa shape index (κ3) is 5.17. The van der Waals surface area contributed by atoms with Crippen molar-refractivity contribution in [2.75, 3.05) is 26.4 Å². The summed E-state index contributed by atoms with van der Waals surface area (Å²) in [5.41, 5.74) is 1.07. The van der Waals surface area contributed by atoms with E-state index in [1.807, 2.05) is 45.9 Å². The maximum Gasteiger partial charge on any atom is 0.290 e. The van der Waals surface area contributed by atoms with Gasteiger partial charge in [0.1, 0.15) is 12.3 Å². The number of nitrogens with zero attached hydrogens (tertiary/aromatic N) is 1. The maximum absolute atomic E-state index is 14.2. The fourth-order valence-corrected chi connectivity index (χ4v) is 5.23. The third-order valence-corrected chi connectivity index (χ3v) is 6.76. The van der Waals surface area contributed by atoms with E-state index < -0.39 is 24.2 Å². The minimum atomic E-state index is -1.03. The van der Waals surface area contributed by atoms with Crippen LogP contribution in [0.5, 0.6) is 11.5 Å². The van der Waals surface area contributed by atoms with Gasteiger partial charge >= 0.3 is 0 Å². The number of ether oxygens (including phenoxy) is 4. The summed E-state index contributed by atoms with van der Waals surface area (Å²) in [6.07, 6.45) is 0.157. The molecule has 1 aromatic rings. The van der Waals surface area contributed by atoms with Gasteiger partial charge in [-0.2, -0.15) is 0 Å². The van der Waals surface area contributed by atoms with Crippen molar-refractivity contribution >= 4 is 11.7 Å². The van der Waals surface area contributed by atoms with Gasteiger partial charge in [0.25, 0.3) is 5.91 Å². The predicted molar refractivity (Wildman–Crippen MR) is 128 cm³/mol. The fourth-order valence-electron chi connectivity index (χ4n) is 5.23. The molecule has 0 spiro atoms. The molecule has 1 amide bonds. The lowest BCUT2D eigenvalue weighted by atomic mass is 9.77. The van der Waals surface area contributed by atoms with Crippen LogP contribution in [0, 0.1) is 5.92 Å². The Bertz CT molecular complexity index is 976. The molecular weight excluding hydrogens is 453 g/mol. The number of carbonyl (C=O) groups is 2. The zero-order valence-corrected chi connectivity index (χ0v) is 21.1. The molecule has 7 nitrogen and oxygen atoms in total. The number of benzene rings is 1. The molecule has 0 N–H and O–H groups in total. The summed E-state index contributed by atoms with van der Waals surface area (Å²) in [5, 5.41) is 0. The van der Waals surface area contributed by atoms with Crippen molar-refractivity contribution in [3.8, 4) is 11.5 Å². The first-order valence-electron chi connectivity index (χ1n) is 12.8. The van der Waals surface area contributed by atoms with Gasteiger partial charge < -0.3 is 23.8 Å². The summed E-state index contributed by atoms with van der Waals surface area (Å²) >= 11 is 0. The van der Waals surface area contributed by atoms with E-state index in [2.05, 4.69) is 0 Å². The highest BCUT2D eigenvalue weighted by Gasteiger charge is 2.52. The van der Waals surface area contributed by atoms with E-state index in [0.717, 1.165) is 5.56 Å². The Labute approximate surface area is 206 Å². The van der Waals surface area contributed by atoms with Crippen LogP contribution >= 0.6 is 0 Å². The second kappa shape index (κ2) is 11.0. The van der Waals surface area contributed by atoms with Crippen molar-refractivity contribution in [1.82, 2.24) is 4.90 Å². The fraction of sp³-hybridized carbons (Fsp3) is 0.630. The van der Waals surface area contributed by atoms with Gasteiger partial charge in [-0.15, -0.1) is 0 Å². The summed E-state index contributed by atoms with van der Waals surface area (Å²) < 4.78 is 37.5. The van der Waals surface area contributed by atoms with Gasteiger partial charge in [0, 0.05) is 13.2 Å². The van der Waals surface area contributed by atoms with Gasteiger partial charge in [-0.1, -0.05) is 6.07 Å². The SMILES string of the molecule is CCOc1ccc(C2C3=C(OC4CCC(F)CC4C3=O)C(=O)N2CCCOC(C)C)cc1OCC. The number of ketones is 1. The van der Waals surface area contributed by atoms with Gasteiger partial charge in [-0.3, -0.25) is 9.59 Å². The Morgan fingerprint density at radius 2 is 1.86 bits per heavy atom. The van der Waals surface area contributed by atoms with Crippen molar-refractivity contribution in [2.45, 2.75) is 77.8 Å². The minimum Gasteiger partial charge on any atom is -0.490 e. The molecule has 4 unspecified atom stereocenters. The summed E-state index contributed by atoms with van der Waals surface area (Å²) in [6, 6.07) is 4.87. The molecule has 1 fully saturated rings. The van der Waals surface area contributed by atoms with Gasteiger partial charge in [0.15, 0.2) is 23.0 Å². The number of alkyl halides is 1. The molecule has 35 heavy (non-hydrogen) atoms. The molecular formula is C27H36FNO6. The number of hydrogen-bond acceptors (Lipinski definition) is 6. The highest BCUT2D eigenvalue weighted by Crippen LogP contribution is 2.48. The number of hydrogen-bond donors (Lipinski definition) is 0. The molecule has 4 atom stereocenters. The lowest BCUT2D eigenvalue weighted by Crippen LogP contribution is -2.42. The van der Waals surface area contributed by atoms with Crippen LogP contribution in [0.4, 0.5) is 4.39 Å². The molecule has 1 aliphatic carbocycles. The predicted octanol–water partition coefficient (Wildman–Crippen LogP) is 4.54. The average Bonchev–Trinajstić information content (AvgIpc) is 3.10. The lowest BCUT2D eigenvalue weighted by Gasteiger charge is -2.36. The van der Waals surface area contributed by atoms with E-state index in [1.165, 1.54) is 0 Å². The number of halogens is 1. The normalized spacial score (nSPS) is 26.1. The molecule has 2 heterocycles. The van der Waals surface area contributed by atoms with Crippen LogP contribution in [0.1, 0.15) is 65.0 Å². The summed E-state index contributed by atoms with van der Waals surface area (Å²) in [6.45, 7) is 9.54. The van der Waals surface area contributed by atoms with E-state index in [0.29, 0.717) is 62.7 Å². The molecule has 192 valence electrons. The van der Waals surface area contributed by atoms with Crippen LogP contribution in [0.15, 0.2) is 29.5 Å². The van der Waals surface area contributed by atoms with Crippen LogP contribution in [0.25, 0.3) is 0 Å². The molecule has 3 aliphatic rings. The second-order valence-corrected chi connectivity index (χ2v) is 9.53. The van der Waals surface area contributed by atoms with Crippen molar-refractivity contribution in [1.29, 1.82) is 0 Å². The highest BCUT2D eigenvalue weighted by molar-refractivity contribution is 6.11. The number of amides is 1. The molecule has 1 saturated carbocycles. The molecule has 8 heteroatoms. The first kappa shape index (κ1) is 25.5.